The first-order valence-corrected chi connectivity index (χ1v) is 8.99. The van der Waals surface area contributed by atoms with Crippen molar-refractivity contribution in [2.24, 2.45) is 0 Å². The van der Waals surface area contributed by atoms with E-state index in [9.17, 15) is 23.3 Å². The van der Waals surface area contributed by atoms with E-state index in [0.717, 1.165) is 0 Å². The fourth-order valence-corrected chi connectivity index (χ4v) is 4.45. The molecule has 0 saturated carbocycles. The molecule has 1 aliphatic rings. The zero-order valence-electron chi connectivity index (χ0n) is 12.6. The quantitative estimate of drug-likeness (QED) is 0.443. The summed E-state index contributed by atoms with van der Waals surface area (Å²) in [5.74, 6) is -0.339. The van der Waals surface area contributed by atoms with Crippen molar-refractivity contribution < 1.29 is 18.1 Å². The van der Waals surface area contributed by atoms with Gasteiger partial charge in [0, 0.05) is 24.2 Å². The van der Waals surface area contributed by atoms with Gasteiger partial charge in [0.1, 0.15) is 0 Å². The minimum Gasteiger partial charge on any atom is -0.335 e. The number of benzene rings is 1. The molecule has 0 N–H and O–H groups in total. The Bertz CT molecular complexity index is 729. The van der Waals surface area contributed by atoms with Crippen LogP contribution in [-0.4, -0.2) is 48.2 Å². The Morgan fingerprint density at radius 2 is 2.13 bits per heavy atom. The summed E-state index contributed by atoms with van der Waals surface area (Å²) in [5.41, 5.74) is 0.205. The summed E-state index contributed by atoms with van der Waals surface area (Å²) in [4.78, 5) is 24.5. The maximum atomic E-state index is 12.5. The van der Waals surface area contributed by atoms with E-state index >= 15 is 0 Å². The molecule has 23 heavy (non-hydrogen) atoms. The largest absolute Gasteiger partial charge is 0.335 e. The Kier molecular flexibility index (Phi) is 5.15. The minimum absolute atomic E-state index is 0.0596. The molecular formula is C15H18N2O5S. The third-order valence-electron chi connectivity index (χ3n) is 3.83. The monoisotopic (exact) mass is 338 g/mol. The molecule has 1 amide bonds. The first-order valence-electron chi connectivity index (χ1n) is 7.17. The van der Waals surface area contributed by atoms with Crippen molar-refractivity contribution in [1.29, 1.82) is 0 Å². The maximum Gasteiger partial charge on any atom is 0.273 e. The Balaban J connectivity index is 2.19. The van der Waals surface area contributed by atoms with E-state index in [0.29, 0.717) is 12.0 Å². The van der Waals surface area contributed by atoms with Crippen molar-refractivity contribution in [2.45, 2.75) is 18.9 Å². The van der Waals surface area contributed by atoms with Crippen LogP contribution in [-0.2, 0) is 21.1 Å². The smallest absolute Gasteiger partial charge is 0.273 e. The van der Waals surface area contributed by atoms with Gasteiger partial charge in [-0.25, -0.2) is 8.42 Å². The van der Waals surface area contributed by atoms with Gasteiger partial charge in [-0.1, -0.05) is 24.3 Å². The predicted octanol–water partition coefficient (Wildman–Crippen LogP) is 1.34. The topological polar surface area (TPSA) is 97.6 Å². The van der Waals surface area contributed by atoms with Gasteiger partial charge in [0.05, 0.1) is 22.8 Å². The Morgan fingerprint density at radius 3 is 2.70 bits per heavy atom. The van der Waals surface area contributed by atoms with Crippen LogP contribution < -0.4 is 0 Å². The number of amides is 1. The zero-order chi connectivity index (χ0) is 17.0. The van der Waals surface area contributed by atoms with E-state index < -0.39 is 20.8 Å². The minimum atomic E-state index is -3.12. The van der Waals surface area contributed by atoms with Crippen LogP contribution in [0.15, 0.2) is 36.9 Å². The highest BCUT2D eigenvalue weighted by molar-refractivity contribution is 7.91. The van der Waals surface area contributed by atoms with Gasteiger partial charge in [-0.15, -0.1) is 6.58 Å². The van der Waals surface area contributed by atoms with Crippen molar-refractivity contribution in [1.82, 2.24) is 4.90 Å². The molecule has 8 heteroatoms. The van der Waals surface area contributed by atoms with Gasteiger partial charge in [0.2, 0.25) is 5.91 Å². The molecule has 0 radical (unpaired) electrons. The molecule has 124 valence electrons. The highest BCUT2D eigenvalue weighted by Gasteiger charge is 2.34. The lowest BCUT2D eigenvalue weighted by Crippen LogP contribution is -2.42. The first-order chi connectivity index (χ1) is 10.8. The van der Waals surface area contributed by atoms with Gasteiger partial charge in [-0.05, 0) is 6.42 Å². The van der Waals surface area contributed by atoms with Crippen molar-refractivity contribution in [3.63, 3.8) is 0 Å². The summed E-state index contributed by atoms with van der Waals surface area (Å²) >= 11 is 0. The van der Waals surface area contributed by atoms with Gasteiger partial charge >= 0.3 is 0 Å². The van der Waals surface area contributed by atoms with Crippen molar-refractivity contribution in [2.75, 3.05) is 18.1 Å². The lowest BCUT2D eigenvalue weighted by atomic mass is 10.1. The Morgan fingerprint density at radius 1 is 1.43 bits per heavy atom. The van der Waals surface area contributed by atoms with Crippen LogP contribution in [0.5, 0.6) is 0 Å². The fourth-order valence-electron chi connectivity index (χ4n) is 2.72. The van der Waals surface area contributed by atoms with Gasteiger partial charge in [0.25, 0.3) is 5.69 Å². The SMILES string of the molecule is C=CCN(C(=O)Cc1ccccc1[N+](=O)[O-])[C@H]1CCS(=O)(=O)C1. The van der Waals surface area contributed by atoms with E-state index in [1.165, 1.54) is 29.2 Å². The second-order valence-electron chi connectivity index (χ2n) is 5.45. The molecular weight excluding hydrogens is 320 g/mol. The average Bonchev–Trinajstić information content (AvgIpc) is 2.84. The van der Waals surface area contributed by atoms with Gasteiger partial charge in [-0.2, -0.15) is 0 Å². The predicted molar refractivity (Wildman–Crippen MR) is 85.8 cm³/mol. The number of nitro benzene ring substituents is 1. The summed E-state index contributed by atoms with van der Waals surface area (Å²) < 4.78 is 23.2. The lowest BCUT2D eigenvalue weighted by Gasteiger charge is -2.27. The van der Waals surface area contributed by atoms with E-state index in [2.05, 4.69) is 6.58 Å². The first kappa shape index (κ1) is 17.1. The molecule has 0 bridgehead atoms. The summed E-state index contributed by atoms with van der Waals surface area (Å²) in [6.07, 6.45) is 1.78. The molecule has 0 aromatic heterocycles. The standard InChI is InChI=1S/C15H18N2O5S/c1-2-8-16(13-7-9-23(21,22)11-13)15(18)10-12-5-3-4-6-14(12)17(19)20/h2-6,13H,1,7-11H2/t13-/m0/s1. The molecule has 0 aliphatic carbocycles. The normalized spacial score (nSPS) is 19.2. The van der Waals surface area contributed by atoms with Crippen LogP contribution in [0.1, 0.15) is 12.0 Å². The molecule has 1 fully saturated rings. The average molecular weight is 338 g/mol. The molecule has 0 spiro atoms. The molecule has 7 nitrogen and oxygen atoms in total. The van der Waals surface area contributed by atoms with Crippen LogP contribution >= 0.6 is 0 Å². The highest BCUT2D eigenvalue weighted by atomic mass is 32.2. The molecule has 1 aromatic carbocycles. The van der Waals surface area contributed by atoms with Gasteiger partial charge in [-0.3, -0.25) is 14.9 Å². The number of sulfone groups is 1. The van der Waals surface area contributed by atoms with Crippen molar-refractivity contribution in [3.8, 4) is 0 Å². The van der Waals surface area contributed by atoms with Crippen LogP contribution in [0.4, 0.5) is 5.69 Å². The Labute approximate surface area is 134 Å². The van der Waals surface area contributed by atoms with E-state index in [1.807, 2.05) is 0 Å². The molecule has 1 heterocycles. The number of rotatable bonds is 6. The lowest BCUT2D eigenvalue weighted by molar-refractivity contribution is -0.385. The number of nitrogens with zero attached hydrogens (tertiary/aromatic N) is 2. The molecule has 1 aromatic rings. The van der Waals surface area contributed by atoms with Crippen LogP contribution in [0.3, 0.4) is 0 Å². The van der Waals surface area contributed by atoms with Crippen LogP contribution in [0, 0.1) is 10.1 Å². The molecule has 1 aliphatic heterocycles. The van der Waals surface area contributed by atoms with Crippen molar-refractivity contribution >= 4 is 21.4 Å². The van der Waals surface area contributed by atoms with Crippen molar-refractivity contribution in [3.05, 3.63) is 52.6 Å². The fraction of sp³-hybridized carbons (Fsp3) is 0.400. The Hall–Kier alpha value is -2.22. The number of carbonyl (C=O) groups excluding carboxylic acids is 1. The number of hydrogen-bond donors (Lipinski definition) is 0. The second kappa shape index (κ2) is 6.91. The summed E-state index contributed by atoms with van der Waals surface area (Å²) in [7, 11) is -3.12. The number of hydrogen-bond acceptors (Lipinski definition) is 5. The zero-order valence-corrected chi connectivity index (χ0v) is 13.4. The molecule has 0 unspecified atom stereocenters. The van der Waals surface area contributed by atoms with E-state index in [-0.39, 0.29) is 36.1 Å². The van der Waals surface area contributed by atoms with Gasteiger partial charge < -0.3 is 4.90 Å². The van der Waals surface area contributed by atoms with Crippen LogP contribution in [0.2, 0.25) is 0 Å². The van der Waals surface area contributed by atoms with Crippen LogP contribution in [0.25, 0.3) is 0 Å². The summed E-state index contributed by atoms with van der Waals surface area (Å²) in [6, 6.07) is 5.66. The third kappa shape index (κ3) is 4.16. The highest BCUT2D eigenvalue weighted by Crippen LogP contribution is 2.22. The molecule has 1 saturated heterocycles. The van der Waals surface area contributed by atoms with Gasteiger partial charge in [0.15, 0.2) is 9.84 Å². The van der Waals surface area contributed by atoms with E-state index in [4.69, 9.17) is 0 Å². The van der Waals surface area contributed by atoms with E-state index in [1.54, 1.807) is 6.07 Å². The molecule has 2 rings (SSSR count). The number of nitro groups is 1. The number of para-hydroxylation sites is 1. The summed E-state index contributed by atoms with van der Waals surface area (Å²) in [6.45, 7) is 3.81. The summed E-state index contributed by atoms with van der Waals surface area (Å²) in [5, 5.41) is 11.0. The third-order valence-corrected chi connectivity index (χ3v) is 5.58. The second-order valence-corrected chi connectivity index (χ2v) is 7.68. The molecule has 1 atom stereocenters. The number of carbonyl (C=O) groups is 1. The maximum absolute atomic E-state index is 12.5.